The molecule has 0 radical (unpaired) electrons. The molecule has 0 aliphatic heterocycles. The van der Waals surface area contributed by atoms with E-state index < -0.39 is 5.41 Å². The molecule has 5 nitrogen and oxygen atoms in total. The fourth-order valence-electron chi connectivity index (χ4n) is 1.94. The minimum Gasteiger partial charge on any atom is -0.469 e. The molecule has 102 valence electrons. The fourth-order valence-corrected chi connectivity index (χ4v) is 2.89. The first-order chi connectivity index (χ1) is 8.86. The number of nitrogens with zero attached hydrogens (tertiary/aromatic N) is 2. The SMILES string of the molecule is COC(=O)C(C)(C)Cn1cnc2c(C)csc2c1=O. The molecule has 0 amide bonds. The monoisotopic (exact) mass is 280 g/mol. The third kappa shape index (κ3) is 2.40. The van der Waals surface area contributed by atoms with Crippen molar-refractivity contribution in [3.8, 4) is 0 Å². The number of methoxy groups -OCH3 is 1. The first kappa shape index (κ1) is 13.7. The van der Waals surface area contributed by atoms with Crippen LogP contribution in [-0.2, 0) is 16.1 Å². The maximum Gasteiger partial charge on any atom is 0.313 e. The smallest absolute Gasteiger partial charge is 0.313 e. The summed E-state index contributed by atoms with van der Waals surface area (Å²) >= 11 is 1.38. The summed E-state index contributed by atoms with van der Waals surface area (Å²) < 4.78 is 6.84. The molecular weight excluding hydrogens is 264 g/mol. The van der Waals surface area contributed by atoms with Gasteiger partial charge in [0.1, 0.15) is 4.70 Å². The molecule has 0 aliphatic carbocycles. The van der Waals surface area contributed by atoms with Gasteiger partial charge < -0.3 is 4.74 Å². The molecule has 0 spiro atoms. The minimum atomic E-state index is -0.764. The van der Waals surface area contributed by atoms with Crippen LogP contribution in [0.15, 0.2) is 16.5 Å². The molecule has 19 heavy (non-hydrogen) atoms. The summed E-state index contributed by atoms with van der Waals surface area (Å²) in [5.41, 5.74) is 0.860. The van der Waals surface area contributed by atoms with Gasteiger partial charge in [0.25, 0.3) is 5.56 Å². The molecule has 0 N–H and O–H groups in total. The van der Waals surface area contributed by atoms with Crippen LogP contribution in [-0.4, -0.2) is 22.6 Å². The molecule has 2 rings (SSSR count). The van der Waals surface area contributed by atoms with Crippen molar-refractivity contribution in [2.24, 2.45) is 5.41 Å². The molecule has 0 fully saturated rings. The van der Waals surface area contributed by atoms with Crippen molar-refractivity contribution in [2.75, 3.05) is 7.11 Å². The van der Waals surface area contributed by atoms with Gasteiger partial charge in [-0.15, -0.1) is 11.3 Å². The van der Waals surface area contributed by atoms with Gasteiger partial charge in [-0.2, -0.15) is 0 Å². The summed E-state index contributed by atoms with van der Waals surface area (Å²) in [6.07, 6.45) is 1.50. The van der Waals surface area contributed by atoms with Gasteiger partial charge in [-0.05, 0) is 31.7 Å². The van der Waals surface area contributed by atoms with E-state index in [1.807, 2.05) is 12.3 Å². The van der Waals surface area contributed by atoms with Crippen LogP contribution in [0.3, 0.4) is 0 Å². The number of carbonyl (C=O) groups excluding carboxylic acids is 1. The number of aryl methyl sites for hydroxylation is 1. The van der Waals surface area contributed by atoms with Crippen LogP contribution in [0.2, 0.25) is 0 Å². The Bertz CT molecular complexity index is 685. The van der Waals surface area contributed by atoms with Crippen LogP contribution >= 0.6 is 11.3 Å². The number of hydrogen-bond donors (Lipinski definition) is 0. The van der Waals surface area contributed by atoms with E-state index in [0.717, 1.165) is 11.1 Å². The summed E-state index contributed by atoms with van der Waals surface area (Å²) in [5, 5.41) is 1.91. The minimum absolute atomic E-state index is 0.111. The highest BCUT2D eigenvalue weighted by molar-refractivity contribution is 7.17. The number of ether oxygens (including phenoxy) is 1. The molecule has 2 heterocycles. The number of hydrogen-bond acceptors (Lipinski definition) is 5. The van der Waals surface area contributed by atoms with Gasteiger partial charge in [0.05, 0.1) is 24.4 Å². The lowest BCUT2D eigenvalue weighted by Gasteiger charge is -2.22. The number of rotatable bonds is 3. The molecule has 0 saturated heterocycles. The van der Waals surface area contributed by atoms with E-state index >= 15 is 0 Å². The van der Waals surface area contributed by atoms with Gasteiger partial charge in [-0.25, -0.2) is 4.98 Å². The summed E-state index contributed by atoms with van der Waals surface area (Å²) in [6, 6.07) is 0. The molecule has 0 aromatic carbocycles. The third-order valence-corrected chi connectivity index (χ3v) is 4.10. The quantitative estimate of drug-likeness (QED) is 0.806. The van der Waals surface area contributed by atoms with Crippen molar-refractivity contribution in [3.05, 3.63) is 27.6 Å². The summed E-state index contributed by atoms with van der Waals surface area (Å²) in [7, 11) is 1.34. The Hall–Kier alpha value is -1.69. The lowest BCUT2D eigenvalue weighted by atomic mass is 9.93. The number of thiophene rings is 1. The lowest BCUT2D eigenvalue weighted by Crippen LogP contribution is -2.34. The van der Waals surface area contributed by atoms with Crippen molar-refractivity contribution >= 4 is 27.5 Å². The molecular formula is C13H16N2O3S. The molecule has 0 atom stereocenters. The highest BCUT2D eigenvalue weighted by Crippen LogP contribution is 2.22. The van der Waals surface area contributed by atoms with Crippen LogP contribution in [0.25, 0.3) is 10.2 Å². The van der Waals surface area contributed by atoms with Crippen LogP contribution < -0.4 is 5.56 Å². The summed E-state index contributed by atoms with van der Waals surface area (Å²) in [4.78, 5) is 28.3. The number of fused-ring (bicyclic) bond motifs is 1. The average molecular weight is 280 g/mol. The predicted octanol–water partition coefficient (Wildman–Crippen LogP) is 1.97. The van der Waals surface area contributed by atoms with Crippen molar-refractivity contribution in [1.29, 1.82) is 0 Å². The molecule has 6 heteroatoms. The number of carbonyl (C=O) groups is 1. The number of aromatic nitrogens is 2. The highest BCUT2D eigenvalue weighted by Gasteiger charge is 2.30. The molecule has 2 aromatic heterocycles. The van der Waals surface area contributed by atoms with Crippen molar-refractivity contribution < 1.29 is 9.53 Å². The second-order valence-electron chi connectivity index (χ2n) is 5.15. The Morgan fingerprint density at radius 3 is 2.84 bits per heavy atom. The van der Waals surface area contributed by atoms with E-state index in [4.69, 9.17) is 4.74 Å². The average Bonchev–Trinajstić information content (AvgIpc) is 2.74. The Morgan fingerprint density at radius 2 is 2.21 bits per heavy atom. The van der Waals surface area contributed by atoms with E-state index in [0.29, 0.717) is 4.70 Å². The van der Waals surface area contributed by atoms with Crippen molar-refractivity contribution in [1.82, 2.24) is 9.55 Å². The van der Waals surface area contributed by atoms with E-state index in [1.54, 1.807) is 13.8 Å². The van der Waals surface area contributed by atoms with Gasteiger partial charge in [0.15, 0.2) is 0 Å². The molecule has 0 bridgehead atoms. The first-order valence-electron chi connectivity index (χ1n) is 5.88. The fraction of sp³-hybridized carbons (Fsp3) is 0.462. The van der Waals surface area contributed by atoms with Crippen molar-refractivity contribution in [2.45, 2.75) is 27.3 Å². The van der Waals surface area contributed by atoms with Gasteiger partial charge in [-0.1, -0.05) is 0 Å². The van der Waals surface area contributed by atoms with Crippen LogP contribution in [0.1, 0.15) is 19.4 Å². The number of esters is 1. The molecule has 0 aliphatic rings. The normalized spacial score (nSPS) is 11.8. The summed E-state index contributed by atoms with van der Waals surface area (Å²) in [6.45, 7) is 5.66. The first-order valence-corrected chi connectivity index (χ1v) is 6.76. The van der Waals surface area contributed by atoms with Gasteiger partial charge in [-0.3, -0.25) is 14.2 Å². The topological polar surface area (TPSA) is 61.2 Å². The van der Waals surface area contributed by atoms with Crippen LogP contribution in [0.4, 0.5) is 0 Å². The van der Waals surface area contributed by atoms with Crippen LogP contribution in [0.5, 0.6) is 0 Å². The largest absolute Gasteiger partial charge is 0.469 e. The maximum absolute atomic E-state index is 12.3. The van der Waals surface area contributed by atoms with Gasteiger partial charge in [0.2, 0.25) is 0 Å². The van der Waals surface area contributed by atoms with E-state index in [9.17, 15) is 9.59 Å². The van der Waals surface area contributed by atoms with Gasteiger partial charge >= 0.3 is 5.97 Å². The Kier molecular flexibility index (Phi) is 3.45. The van der Waals surface area contributed by atoms with Gasteiger partial charge in [0, 0.05) is 6.54 Å². The Labute approximate surface area is 114 Å². The van der Waals surface area contributed by atoms with Crippen LogP contribution in [0, 0.1) is 12.3 Å². The second kappa shape index (κ2) is 4.77. The lowest BCUT2D eigenvalue weighted by molar-refractivity contribution is -0.151. The van der Waals surface area contributed by atoms with E-state index in [-0.39, 0.29) is 18.1 Å². The zero-order valence-corrected chi connectivity index (χ0v) is 12.2. The van der Waals surface area contributed by atoms with E-state index in [2.05, 4.69) is 4.98 Å². The second-order valence-corrected chi connectivity index (χ2v) is 6.03. The van der Waals surface area contributed by atoms with Crippen molar-refractivity contribution in [3.63, 3.8) is 0 Å². The molecule has 0 saturated carbocycles. The third-order valence-electron chi connectivity index (χ3n) is 3.03. The Balaban J connectivity index is 2.45. The highest BCUT2D eigenvalue weighted by atomic mass is 32.1. The zero-order valence-electron chi connectivity index (χ0n) is 11.4. The molecule has 0 unspecified atom stereocenters. The van der Waals surface area contributed by atoms with E-state index in [1.165, 1.54) is 29.3 Å². The summed E-state index contributed by atoms with van der Waals surface area (Å²) in [5.74, 6) is -0.346. The maximum atomic E-state index is 12.3. The zero-order chi connectivity index (χ0) is 14.2. The molecule has 2 aromatic rings. The Morgan fingerprint density at radius 1 is 1.53 bits per heavy atom. The predicted molar refractivity (Wildman–Crippen MR) is 74.4 cm³/mol. The standard InChI is InChI=1S/C13H16N2O3S/c1-8-5-19-10-9(8)14-7-15(11(10)16)6-13(2,3)12(17)18-4/h5,7H,6H2,1-4H3.